The summed E-state index contributed by atoms with van der Waals surface area (Å²) in [7, 11) is 0. The number of nitrogens with one attached hydrogen (secondary N) is 1. The summed E-state index contributed by atoms with van der Waals surface area (Å²) in [5.74, 6) is 0. The minimum Gasteiger partial charge on any atom is -0.377 e. The summed E-state index contributed by atoms with van der Waals surface area (Å²) >= 11 is 3.67. The topological polar surface area (TPSA) is 12.0 Å². The van der Waals surface area contributed by atoms with Gasteiger partial charge in [-0.1, -0.05) is 55.8 Å². The zero-order chi connectivity index (χ0) is 13.7. The second-order valence-corrected chi connectivity index (χ2v) is 5.63. The number of halogens is 1. The van der Waals surface area contributed by atoms with E-state index >= 15 is 0 Å². The van der Waals surface area contributed by atoms with Crippen molar-refractivity contribution in [2.24, 2.45) is 0 Å². The lowest BCUT2D eigenvalue weighted by Crippen LogP contribution is -2.11. The van der Waals surface area contributed by atoms with Crippen LogP contribution in [0.15, 0.2) is 53.0 Å². The van der Waals surface area contributed by atoms with Crippen molar-refractivity contribution in [2.75, 3.05) is 5.32 Å². The highest BCUT2D eigenvalue weighted by molar-refractivity contribution is 9.10. The monoisotopic (exact) mass is 317 g/mol. The Morgan fingerprint density at radius 3 is 2.47 bits per heavy atom. The Morgan fingerprint density at radius 2 is 1.79 bits per heavy atom. The highest BCUT2D eigenvalue weighted by Crippen LogP contribution is 2.30. The Kier molecular flexibility index (Phi) is 5.03. The van der Waals surface area contributed by atoms with Crippen molar-refractivity contribution < 1.29 is 0 Å². The largest absolute Gasteiger partial charge is 0.377 e. The van der Waals surface area contributed by atoms with Gasteiger partial charge in [0.1, 0.15) is 0 Å². The molecule has 2 rings (SSSR count). The molecule has 1 unspecified atom stereocenters. The first kappa shape index (κ1) is 14.1. The molecule has 19 heavy (non-hydrogen) atoms. The maximum absolute atomic E-state index is 3.67. The van der Waals surface area contributed by atoms with Crippen molar-refractivity contribution in [3.8, 4) is 0 Å². The molecule has 0 spiro atoms. The lowest BCUT2D eigenvalue weighted by molar-refractivity contribution is 0.677. The average molecular weight is 318 g/mol. The van der Waals surface area contributed by atoms with Crippen LogP contribution in [0, 0.1) is 6.92 Å². The van der Waals surface area contributed by atoms with Gasteiger partial charge < -0.3 is 5.32 Å². The number of hydrogen-bond acceptors (Lipinski definition) is 1. The minimum atomic E-state index is 0.365. The molecule has 0 heterocycles. The van der Waals surface area contributed by atoms with Gasteiger partial charge in [-0.15, -0.1) is 0 Å². The minimum absolute atomic E-state index is 0.365. The van der Waals surface area contributed by atoms with Gasteiger partial charge >= 0.3 is 0 Å². The molecule has 0 aliphatic rings. The van der Waals surface area contributed by atoms with Crippen LogP contribution in [0.2, 0.25) is 0 Å². The van der Waals surface area contributed by atoms with E-state index in [4.69, 9.17) is 0 Å². The summed E-state index contributed by atoms with van der Waals surface area (Å²) in [5, 5.41) is 3.66. The Hall–Kier alpha value is -1.28. The van der Waals surface area contributed by atoms with E-state index in [0.29, 0.717) is 6.04 Å². The molecule has 2 heteroatoms. The molecule has 0 saturated carbocycles. The molecule has 1 atom stereocenters. The SMILES string of the molecule is CCCC(Nc1cccc(C)c1Br)c1ccccc1. The number of anilines is 1. The third-order valence-electron chi connectivity index (χ3n) is 3.30. The van der Waals surface area contributed by atoms with E-state index < -0.39 is 0 Å². The maximum atomic E-state index is 3.67. The van der Waals surface area contributed by atoms with E-state index in [1.165, 1.54) is 16.8 Å². The first-order valence-corrected chi connectivity index (χ1v) is 7.58. The fraction of sp³-hybridized carbons (Fsp3) is 0.294. The zero-order valence-corrected chi connectivity index (χ0v) is 13.1. The molecular formula is C17H20BrN. The highest BCUT2D eigenvalue weighted by atomic mass is 79.9. The van der Waals surface area contributed by atoms with Gasteiger partial charge in [0, 0.05) is 10.2 Å². The third-order valence-corrected chi connectivity index (χ3v) is 4.35. The first-order valence-electron chi connectivity index (χ1n) is 6.79. The zero-order valence-electron chi connectivity index (χ0n) is 11.5. The maximum Gasteiger partial charge on any atom is 0.0514 e. The van der Waals surface area contributed by atoms with Crippen LogP contribution in [0.5, 0.6) is 0 Å². The number of rotatable bonds is 5. The molecule has 0 amide bonds. The van der Waals surface area contributed by atoms with Crippen molar-refractivity contribution in [3.05, 3.63) is 64.1 Å². The van der Waals surface area contributed by atoms with Crippen LogP contribution in [0.1, 0.15) is 36.9 Å². The summed E-state index contributed by atoms with van der Waals surface area (Å²) in [6, 6.07) is 17.4. The van der Waals surface area contributed by atoms with Gasteiger partial charge in [0.25, 0.3) is 0 Å². The van der Waals surface area contributed by atoms with E-state index in [-0.39, 0.29) is 0 Å². The molecule has 0 aromatic heterocycles. The summed E-state index contributed by atoms with van der Waals surface area (Å²) in [6.45, 7) is 4.34. The fourth-order valence-corrected chi connectivity index (χ4v) is 2.62. The summed E-state index contributed by atoms with van der Waals surface area (Å²) in [4.78, 5) is 0. The van der Waals surface area contributed by atoms with Crippen LogP contribution in [0.3, 0.4) is 0 Å². The third kappa shape index (κ3) is 3.60. The molecule has 2 aromatic rings. The van der Waals surface area contributed by atoms with Crippen LogP contribution in [-0.2, 0) is 0 Å². The number of hydrogen-bond donors (Lipinski definition) is 1. The van der Waals surface area contributed by atoms with Crippen molar-refractivity contribution in [2.45, 2.75) is 32.7 Å². The molecule has 0 aliphatic carbocycles. The second kappa shape index (κ2) is 6.76. The van der Waals surface area contributed by atoms with Crippen LogP contribution in [-0.4, -0.2) is 0 Å². The predicted molar refractivity (Wildman–Crippen MR) is 86.6 cm³/mol. The van der Waals surface area contributed by atoms with E-state index in [9.17, 15) is 0 Å². The quantitative estimate of drug-likeness (QED) is 0.744. The summed E-state index contributed by atoms with van der Waals surface area (Å²) in [6.07, 6.45) is 2.29. The molecule has 0 radical (unpaired) electrons. The second-order valence-electron chi connectivity index (χ2n) is 4.83. The van der Waals surface area contributed by atoms with Crippen LogP contribution in [0.25, 0.3) is 0 Å². The summed E-state index contributed by atoms with van der Waals surface area (Å²) < 4.78 is 1.16. The highest BCUT2D eigenvalue weighted by Gasteiger charge is 2.12. The average Bonchev–Trinajstić information content (AvgIpc) is 2.44. The number of benzene rings is 2. The van der Waals surface area contributed by atoms with Crippen molar-refractivity contribution >= 4 is 21.6 Å². The van der Waals surface area contributed by atoms with Gasteiger partial charge in [-0.05, 0) is 46.5 Å². The van der Waals surface area contributed by atoms with E-state index in [2.05, 4.69) is 83.6 Å². The molecule has 0 aliphatic heterocycles. The fourth-order valence-electron chi connectivity index (χ4n) is 2.24. The Labute approximate surface area is 124 Å². The smallest absolute Gasteiger partial charge is 0.0514 e. The normalized spacial score (nSPS) is 12.2. The number of aryl methyl sites for hydroxylation is 1. The standard InChI is InChI=1S/C17H20BrN/c1-3-8-15(14-10-5-4-6-11-14)19-16-12-7-9-13(2)17(16)18/h4-7,9-12,15,19H,3,8H2,1-2H3. The molecular weight excluding hydrogens is 298 g/mol. The van der Waals surface area contributed by atoms with Crippen LogP contribution in [0.4, 0.5) is 5.69 Å². The van der Waals surface area contributed by atoms with Crippen molar-refractivity contribution in [3.63, 3.8) is 0 Å². The molecule has 0 saturated heterocycles. The molecule has 100 valence electrons. The van der Waals surface area contributed by atoms with Gasteiger partial charge in [-0.2, -0.15) is 0 Å². The van der Waals surface area contributed by atoms with Gasteiger partial charge in [0.2, 0.25) is 0 Å². The van der Waals surface area contributed by atoms with Gasteiger partial charge in [0.05, 0.1) is 6.04 Å². The van der Waals surface area contributed by atoms with Crippen LogP contribution < -0.4 is 5.32 Å². The van der Waals surface area contributed by atoms with Crippen molar-refractivity contribution in [1.82, 2.24) is 0 Å². The van der Waals surface area contributed by atoms with Gasteiger partial charge in [-0.25, -0.2) is 0 Å². The Morgan fingerprint density at radius 1 is 1.05 bits per heavy atom. The summed E-state index contributed by atoms with van der Waals surface area (Å²) in [5.41, 5.74) is 3.77. The van der Waals surface area contributed by atoms with Crippen LogP contribution >= 0.6 is 15.9 Å². The Bertz CT molecular complexity index is 522. The van der Waals surface area contributed by atoms with Gasteiger partial charge in [-0.3, -0.25) is 0 Å². The van der Waals surface area contributed by atoms with Gasteiger partial charge in [0.15, 0.2) is 0 Å². The molecule has 1 nitrogen and oxygen atoms in total. The lowest BCUT2D eigenvalue weighted by Gasteiger charge is -2.21. The van der Waals surface area contributed by atoms with E-state index in [0.717, 1.165) is 17.3 Å². The lowest BCUT2D eigenvalue weighted by atomic mass is 10.0. The molecule has 0 bridgehead atoms. The van der Waals surface area contributed by atoms with E-state index in [1.807, 2.05) is 0 Å². The molecule has 0 fully saturated rings. The first-order chi connectivity index (χ1) is 9.22. The molecule has 1 N–H and O–H groups in total. The predicted octanol–water partition coefficient (Wildman–Crippen LogP) is 5.71. The van der Waals surface area contributed by atoms with E-state index in [1.54, 1.807) is 0 Å². The molecule has 2 aromatic carbocycles. The van der Waals surface area contributed by atoms with Crippen molar-refractivity contribution in [1.29, 1.82) is 0 Å². The Balaban J connectivity index is 2.24.